The number of nitrogens with one attached hydrogen (secondary N) is 2. The molecule has 3 aromatic rings. The minimum atomic E-state index is -2.31. The van der Waals surface area contributed by atoms with Crippen molar-refractivity contribution in [3.05, 3.63) is 51.0 Å². The first-order valence-electron chi connectivity index (χ1n) is 12.2. The highest BCUT2D eigenvalue weighted by Crippen LogP contribution is 2.34. The highest BCUT2D eigenvalue weighted by Gasteiger charge is 2.32. The van der Waals surface area contributed by atoms with Crippen molar-refractivity contribution in [2.45, 2.75) is 51.1 Å². The van der Waals surface area contributed by atoms with E-state index in [1.165, 1.54) is 11.3 Å². The number of aryl methyl sites for hydroxylation is 1. The molecule has 0 aromatic carbocycles. The minimum absolute atomic E-state index is 0.118. The Labute approximate surface area is 231 Å². The molecule has 204 valence electrons. The van der Waals surface area contributed by atoms with Gasteiger partial charge < -0.3 is 20.3 Å². The van der Waals surface area contributed by atoms with Gasteiger partial charge in [0.2, 0.25) is 17.7 Å². The van der Waals surface area contributed by atoms with Crippen LogP contribution in [0.15, 0.2) is 41.3 Å². The number of amides is 2. The van der Waals surface area contributed by atoms with E-state index in [1.807, 2.05) is 12.1 Å². The van der Waals surface area contributed by atoms with Crippen molar-refractivity contribution in [1.82, 2.24) is 20.1 Å². The molecule has 3 aromatic heterocycles. The topological polar surface area (TPSA) is 101 Å². The maximum atomic E-state index is 12.6. The Bertz CT molecular complexity index is 1280. The van der Waals surface area contributed by atoms with Crippen LogP contribution >= 0.6 is 27.3 Å². The second kappa shape index (κ2) is 12.2. The summed E-state index contributed by atoms with van der Waals surface area (Å²) in [5.74, 6) is -2.28. The molecule has 1 atom stereocenters. The van der Waals surface area contributed by atoms with E-state index in [0.29, 0.717) is 42.4 Å². The molecule has 1 saturated carbocycles. The molecule has 1 aliphatic heterocycles. The predicted molar refractivity (Wildman–Crippen MR) is 145 cm³/mol. The molecule has 5 rings (SSSR count). The molecule has 0 bridgehead atoms. The number of rotatable bonds is 6. The summed E-state index contributed by atoms with van der Waals surface area (Å²) in [6.45, 7) is 3.58. The van der Waals surface area contributed by atoms with Gasteiger partial charge in [0.15, 0.2) is 0 Å². The number of fused-ring (bicyclic) bond motifs is 1. The van der Waals surface area contributed by atoms with Crippen LogP contribution in [0.25, 0.3) is 0 Å². The molecule has 0 radical (unpaired) electrons. The van der Waals surface area contributed by atoms with Gasteiger partial charge in [-0.15, -0.1) is 11.3 Å². The Balaban J connectivity index is 0.000000417. The van der Waals surface area contributed by atoms with Crippen LogP contribution in [-0.4, -0.2) is 51.7 Å². The van der Waals surface area contributed by atoms with Crippen LogP contribution in [0.5, 0.6) is 5.88 Å². The number of hydrogen-bond donors (Lipinski definition) is 2. The predicted octanol–water partition coefficient (Wildman–Crippen LogP) is 4.99. The fraction of sp³-hybridized carbons (Fsp3) is 0.440. The standard InChI is InChI=1S/C20H21BrN6O3S.C5H8F2/c1-12(18(28)25-14-9-23-26(2)10-14)24-19(29)17-4-3-15(31-17)11-27-5-6-30-20-16(27)7-13(21)8-22-20;6-5(7)3-1-2-4-5/h3-4,7-10,12H,5-6,11H2,1-2H3,(H,24,29)(H,25,28);1-4H2. The zero-order valence-electron chi connectivity index (χ0n) is 21.0. The Morgan fingerprint density at radius 1 is 1.26 bits per heavy atom. The summed E-state index contributed by atoms with van der Waals surface area (Å²) in [5.41, 5.74) is 1.50. The van der Waals surface area contributed by atoms with Gasteiger partial charge in [-0.2, -0.15) is 5.10 Å². The van der Waals surface area contributed by atoms with Gasteiger partial charge in [0.05, 0.1) is 29.9 Å². The molecule has 1 fully saturated rings. The lowest BCUT2D eigenvalue weighted by Crippen LogP contribution is -2.41. The molecule has 0 spiro atoms. The fourth-order valence-electron chi connectivity index (χ4n) is 4.03. The number of carbonyl (C=O) groups excluding carboxylic acids is 2. The van der Waals surface area contributed by atoms with E-state index in [4.69, 9.17) is 4.74 Å². The summed E-state index contributed by atoms with van der Waals surface area (Å²) < 4.78 is 32.0. The molecule has 38 heavy (non-hydrogen) atoms. The van der Waals surface area contributed by atoms with Gasteiger partial charge in [0.1, 0.15) is 18.3 Å². The number of nitrogens with zero attached hydrogens (tertiary/aromatic N) is 4. The van der Waals surface area contributed by atoms with E-state index in [9.17, 15) is 18.4 Å². The normalized spacial score (nSPS) is 16.5. The number of aromatic nitrogens is 3. The highest BCUT2D eigenvalue weighted by atomic mass is 79.9. The van der Waals surface area contributed by atoms with E-state index < -0.39 is 12.0 Å². The zero-order chi connectivity index (χ0) is 27.3. The maximum absolute atomic E-state index is 12.6. The van der Waals surface area contributed by atoms with Crippen LogP contribution in [0.3, 0.4) is 0 Å². The summed E-state index contributed by atoms with van der Waals surface area (Å²) in [4.78, 5) is 33.0. The number of pyridine rings is 1. The minimum Gasteiger partial charge on any atom is -0.474 e. The molecule has 2 N–H and O–H groups in total. The third-order valence-electron chi connectivity index (χ3n) is 6.02. The molecule has 1 unspecified atom stereocenters. The summed E-state index contributed by atoms with van der Waals surface area (Å²) in [5, 5.41) is 9.48. The van der Waals surface area contributed by atoms with Gasteiger partial charge >= 0.3 is 0 Å². The van der Waals surface area contributed by atoms with Gasteiger partial charge in [-0.25, -0.2) is 13.8 Å². The maximum Gasteiger partial charge on any atom is 0.261 e. The number of alkyl halides is 2. The largest absolute Gasteiger partial charge is 0.474 e. The van der Waals surface area contributed by atoms with Crippen LogP contribution in [-0.2, 0) is 18.4 Å². The number of thiophene rings is 1. The van der Waals surface area contributed by atoms with Crippen molar-refractivity contribution in [3.8, 4) is 5.88 Å². The molecule has 2 aliphatic rings. The van der Waals surface area contributed by atoms with Crippen molar-refractivity contribution >= 4 is 50.5 Å². The zero-order valence-corrected chi connectivity index (χ0v) is 23.4. The summed E-state index contributed by atoms with van der Waals surface area (Å²) in [7, 11) is 1.76. The Kier molecular flexibility index (Phi) is 8.98. The van der Waals surface area contributed by atoms with E-state index >= 15 is 0 Å². The van der Waals surface area contributed by atoms with Crippen molar-refractivity contribution in [2.24, 2.45) is 7.05 Å². The molecular formula is C25H29BrF2N6O3S. The lowest BCUT2D eigenvalue weighted by Gasteiger charge is -2.30. The average Bonchev–Trinajstić information content (AvgIpc) is 3.61. The van der Waals surface area contributed by atoms with Crippen molar-refractivity contribution in [2.75, 3.05) is 23.4 Å². The second-order valence-electron chi connectivity index (χ2n) is 9.16. The SMILES string of the molecule is CC(NC(=O)c1ccc(CN2CCOc3ncc(Br)cc32)s1)C(=O)Nc1cnn(C)c1.FC1(F)CCCC1. The lowest BCUT2D eigenvalue weighted by atomic mass is 10.3. The first-order valence-corrected chi connectivity index (χ1v) is 13.8. The van der Waals surface area contributed by atoms with Gasteiger partial charge in [0, 0.05) is 41.6 Å². The monoisotopic (exact) mass is 610 g/mol. The summed E-state index contributed by atoms with van der Waals surface area (Å²) in [6.07, 6.45) is 6.62. The third kappa shape index (κ3) is 7.50. The molecule has 9 nitrogen and oxygen atoms in total. The Morgan fingerprint density at radius 2 is 2.03 bits per heavy atom. The first-order chi connectivity index (χ1) is 18.1. The molecule has 1 aliphatic carbocycles. The number of anilines is 2. The number of halogens is 3. The van der Waals surface area contributed by atoms with E-state index in [1.54, 1.807) is 43.3 Å². The summed E-state index contributed by atoms with van der Waals surface area (Å²) in [6, 6.07) is 5.00. The number of carbonyl (C=O) groups is 2. The first kappa shape index (κ1) is 28.0. The second-order valence-corrected chi connectivity index (χ2v) is 11.2. The smallest absolute Gasteiger partial charge is 0.261 e. The van der Waals surface area contributed by atoms with Crippen LogP contribution in [0, 0.1) is 0 Å². The molecule has 13 heteroatoms. The molecule has 2 amide bonds. The third-order valence-corrected chi connectivity index (χ3v) is 7.52. The van der Waals surface area contributed by atoms with Gasteiger partial charge in [-0.1, -0.05) is 0 Å². The number of hydrogen-bond acceptors (Lipinski definition) is 7. The van der Waals surface area contributed by atoms with Crippen LogP contribution < -0.4 is 20.3 Å². The van der Waals surface area contributed by atoms with Crippen LogP contribution in [0.4, 0.5) is 20.2 Å². The van der Waals surface area contributed by atoms with Crippen molar-refractivity contribution in [3.63, 3.8) is 0 Å². The van der Waals surface area contributed by atoms with Gasteiger partial charge in [0.25, 0.3) is 5.91 Å². The highest BCUT2D eigenvalue weighted by molar-refractivity contribution is 9.10. The average molecular weight is 612 g/mol. The summed E-state index contributed by atoms with van der Waals surface area (Å²) >= 11 is 4.85. The van der Waals surface area contributed by atoms with E-state index in [0.717, 1.165) is 21.6 Å². The lowest BCUT2D eigenvalue weighted by molar-refractivity contribution is -0.117. The van der Waals surface area contributed by atoms with Crippen molar-refractivity contribution in [1.29, 1.82) is 0 Å². The molecular weight excluding hydrogens is 582 g/mol. The van der Waals surface area contributed by atoms with E-state index in [-0.39, 0.29) is 24.7 Å². The van der Waals surface area contributed by atoms with Gasteiger partial charge in [-0.3, -0.25) is 14.3 Å². The fourth-order valence-corrected chi connectivity index (χ4v) is 5.27. The molecule has 4 heterocycles. The Morgan fingerprint density at radius 3 is 2.68 bits per heavy atom. The quantitative estimate of drug-likeness (QED) is 0.408. The van der Waals surface area contributed by atoms with E-state index in [2.05, 4.69) is 41.5 Å². The van der Waals surface area contributed by atoms with Crippen molar-refractivity contribution < 1.29 is 23.1 Å². The van der Waals surface area contributed by atoms with Crippen LogP contribution in [0.2, 0.25) is 0 Å². The number of ether oxygens (including phenoxy) is 1. The van der Waals surface area contributed by atoms with Gasteiger partial charge in [-0.05, 0) is 53.9 Å². The Hall–Kier alpha value is -3.06. The molecule has 0 saturated heterocycles. The van der Waals surface area contributed by atoms with Crippen LogP contribution in [0.1, 0.15) is 47.2 Å².